The van der Waals surface area contributed by atoms with Crippen LogP contribution in [0.15, 0.2) is 24.3 Å². The van der Waals surface area contributed by atoms with Gasteiger partial charge in [0.25, 0.3) is 0 Å². The number of benzene rings is 1. The Bertz CT molecular complexity index is 545. The highest BCUT2D eigenvalue weighted by atomic mass is 16.5. The Morgan fingerprint density at radius 1 is 1.30 bits per heavy atom. The van der Waals surface area contributed by atoms with Crippen molar-refractivity contribution in [3.05, 3.63) is 29.8 Å². The zero-order chi connectivity index (χ0) is 16.2. The molecule has 1 N–H and O–H groups in total. The van der Waals surface area contributed by atoms with Crippen LogP contribution in [0.1, 0.15) is 18.9 Å². The van der Waals surface area contributed by atoms with Crippen LogP contribution in [0.2, 0.25) is 0 Å². The van der Waals surface area contributed by atoms with E-state index in [1.165, 1.54) is 0 Å². The molecule has 0 aliphatic carbocycles. The maximum Gasteiger partial charge on any atom is 0.238 e. The number of hydrogen-bond acceptors (Lipinski definition) is 4. The quantitative estimate of drug-likeness (QED) is 0.888. The number of carbonyl (C=O) groups excluding carboxylic acids is 1. The summed E-state index contributed by atoms with van der Waals surface area (Å²) in [6.07, 6.45) is 1.12. The predicted octanol–water partition coefficient (Wildman–Crippen LogP) is 1.27. The predicted molar refractivity (Wildman–Crippen MR) is 90.7 cm³/mol. The van der Waals surface area contributed by atoms with Gasteiger partial charge in [-0.1, -0.05) is 18.2 Å². The molecule has 3 fully saturated rings. The van der Waals surface area contributed by atoms with E-state index < -0.39 is 0 Å². The van der Waals surface area contributed by atoms with Gasteiger partial charge in [-0.25, -0.2) is 0 Å². The summed E-state index contributed by atoms with van der Waals surface area (Å²) in [5.74, 6) is 1.02. The molecule has 0 spiro atoms. The molecule has 3 aliphatic heterocycles. The van der Waals surface area contributed by atoms with Gasteiger partial charge in [0, 0.05) is 26.2 Å². The van der Waals surface area contributed by atoms with Crippen molar-refractivity contribution >= 4 is 5.91 Å². The zero-order valence-electron chi connectivity index (χ0n) is 14.1. The van der Waals surface area contributed by atoms with Crippen molar-refractivity contribution in [2.24, 2.45) is 0 Å². The highest BCUT2D eigenvalue weighted by Gasteiger charge is 2.34. The maximum absolute atomic E-state index is 12.5. The second-order valence-corrected chi connectivity index (χ2v) is 6.65. The molecule has 1 aromatic carbocycles. The number of ether oxygens (including phenoxy) is 1. The van der Waals surface area contributed by atoms with Crippen molar-refractivity contribution in [1.29, 1.82) is 0 Å². The molecule has 0 aromatic heterocycles. The van der Waals surface area contributed by atoms with Crippen molar-refractivity contribution in [2.75, 3.05) is 39.3 Å². The van der Waals surface area contributed by atoms with E-state index in [4.69, 9.17) is 4.74 Å². The third kappa shape index (κ3) is 4.03. The molecule has 3 heterocycles. The molecule has 0 radical (unpaired) electrons. The van der Waals surface area contributed by atoms with Crippen molar-refractivity contribution in [2.45, 2.75) is 32.4 Å². The smallest absolute Gasteiger partial charge is 0.238 e. The molecular formula is C18H27N3O2. The Balaban J connectivity index is 1.50. The number of hydrogen-bond donors (Lipinski definition) is 1. The molecule has 126 valence electrons. The average molecular weight is 317 g/mol. The molecule has 1 amide bonds. The lowest BCUT2D eigenvalue weighted by Crippen LogP contribution is -2.57. The first-order valence-corrected chi connectivity index (χ1v) is 8.60. The number of nitrogens with zero attached hydrogens (tertiary/aromatic N) is 2. The normalized spacial score (nSPS) is 28.0. The topological polar surface area (TPSA) is 44.8 Å². The van der Waals surface area contributed by atoms with E-state index in [0.29, 0.717) is 6.54 Å². The zero-order valence-corrected chi connectivity index (χ0v) is 14.1. The maximum atomic E-state index is 12.5. The third-order valence-corrected chi connectivity index (χ3v) is 4.78. The van der Waals surface area contributed by atoms with Crippen LogP contribution in [-0.4, -0.2) is 67.1 Å². The van der Waals surface area contributed by atoms with E-state index in [9.17, 15) is 4.79 Å². The van der Waals surface area contributed by atoms with Gasteiger partial charge in [-0.05, 0) is 38.4 Å². The fraction of sp³-hybridized carbons (Fsp3) is 0.611. The largest absolute Gasteiger partial charge is 0.489 e. The minimum absolute atomic E-state index is 0.00286. The van der Waals surface area contributed by atoms with Gasteiger partial charge in [-0.3, -0.25) is 14.6 Å². The van der Waals surface area contributed by atoms with Gasteiger partial charge < -0.3 is 10.1 Å². The van der Waals surface area contributed by atoms with Crippen LogP contribution in [0.3, 0.4) is 0 Å². The summed E-state index contributed by atoms with van der Waals surface area (Å²) >= 11 is 0. The SMILES string of the molecule is Cc1ccccc1O[C@@H](C)CNC(=O)[C@H]1CN2CCCN1CC2. The van der Waals surface area contributed by atoms with Crippen LogP contribution in [-0.2, 0) is 4.79 Å². The first kappa shape index (κ1) is 16.3. The lowest BCUT2D eigenvalue weighted by molar-refractivity contribution is -0.128. The summed E-state index contributed by atoms with van der Waals surface area (Å²) in [4.78, 5) is 17.3. The van der Waals surface area contributed by atoms with Crippen molar-refractivity contribution in [1.82, 2.24) is 15.1 Å². The summed E-state index contributed by atoms with van der Waals surface area (Å²) < 4.78 is 5.93. The highest BCUT2D eigenvalue weighted by Crippen LogP contribution is 2.18. The number of nitrogens with one attached hydrogen (secondary N) is 1. The third-order valence-electron chi connectivity index (χ3n) is 4.78. The van der Waals surface area contributed by atoms with Crippen molar-refractivity contribution < 1.29 is 9.53 Å². The van der Waals surface area contributed by atoms with E-state index in [1.54, 1.807) is 0 Å². The lowest BCUT2D eigenvalue weighted by Gasteiger charge is -2.36. The summed E-state index contributed by atoms with van der Waals surface area (Å²) in [7, 11) is 0. The fourth-order valence-electron chi connectivity index (χ4n) is 3.40. The molecule has 4 rings (SSSR count). The number of rotatable bonds is 5. The van der Waals surface area contributed by atoms with Crippen LogP contribution >= 0.6 is 0 Å². The second-order valence-electron chi connectivity index (χ2n) is 6.65. The van der Waals surface area contributed by atoms with Crippen molar-refractivity contribution in [3.8, 4) is 5.75 Å². The molecule has 5 nitrogen and oxygen atoms in total. The van der Waals surface area contributed by atoms with Gasteiger partial charge in [0.1, 0.15) is 17.9 Å². The summed E-state index contributed by atoms with van der Waals surface area (Å²) in [5, 5.41) is 3.07. The van der Waals surface area contributed by atoms with E-state index in [1.807, 2.05) is 38.1 Å². The summed E-state index contributed by atoms with van der Waals surface area (Å²) in [6.45, 7) is 9.68. The number of piperazine rings is 1. The standard InChI is InChI=1S/C18H27N3O2/c1-14-6-3-4-7-17(14)23-15(2)12-19-18(22)16-13-20-8-5-9-21(16)11-10-20/h3-4,6-7,15-16H,5,8-13H2,1-2H3,(H,19,22)/t15-,16+/m0/s1. The molecule has 2 unspecified atom stereocenters. The Labute approximate surface area is 138 Å². The van der Waals surface area contributed by atoms with Crippen LogP contribution in [0.25, 0.3) is 0 Å². The van der Waals surface area contributed by atoms with E-state index in [2.05, 4.69) is 15.1 Å². The Morgan fingerprint density at radius 3 is 2.96 bits per heavy atom. The molecule has 3 saturated heterocycles. The van der Waals surface area contributed by atoms with Crippen LogP contribution in [0.5, 0.6) is 5.75 Å². The van der Waals surface area contributed by atoms with E-state index in [-0.39, 0.29) is 18.1 Å². The number of fused-ring (bicyclic) bond motifs is 4. The van der Waals surface area contributed by atoms with Crippen LogP contribution in [0.4, 0.5) is 0 Å². The highest BCUT2D eigenvalue weighted by molar-refractivity contribution is 5.82. The second kappa shape index (κ2) is 7.32. The van der Waals surface area contributed by atoms with Crippen LogP contribution < -0.4 is 10.1 Å². The van der Waals surface area contributed by atoms with Crippen molar-refractivity contribution in [3.63, 3.8) is 0 Å². The minimum atomic E-state index is -0.0432. The Kier molecular flexibility index (Phi) is 5.18. The molecule has 5 heteroatoms. The van der Waals surface area contributed by atoms with Gasteiger partial charge in [-0.15, -0.1) is 0 Å². The Hall–Kier alpha value is -1.59. The molecule has 23 heavy (non-hydrogen) atoms. The molecule has 0 saturated carbocycles. The first-order chi connectivity index (χ1) is 11.1. The fourth-order valence-corrected chi connectivity index (χ4v) is 3.40. The first-order valence-electron chi connectivity index (χ1n) is 8.60. The lowest BCUT2D eigenvalue weighted by atomic mass is 10.1. The van der Waals surface area contributed by atoms with Crippen LogP contribution in [0, 0.1) is 6.92 Å². The van der Waals surface area contributed by atoms with E-state index in [0.717, 1.165) is 50.5 Å². The average Bonchev–Trinajstić information content (AvgIpc) is 2.90. The van der Waals surface area contributed by atoms with Gasteiger partial charge >= 0.3 is 0 Å². The molecule has 4 atom stereocenters. The number of amides is 1. The van der Waals surface area contributed by atoms with E-state index >= 15 is 0 Å². The summed E-state index contributed by atoms with van der Waals surface area (Å²) in [5.41, 5.74) is 1.12. The van der Waals surface area contributed by atoms with Gasteiger partial charge in [0.2, 0.25) is 5.91 Å². The molecule has 3 aliphatic rings. The monoisotopic (exact) mass is 317 g/mol. The molecular weight excluding hydrogens is 290 g/mol. The van der Waals surface area contributed by atoms with Gasteiger partial charge in [0.15, 0.2) is 0 Å². The number of para-hydroxylation sites is 1. The Morgan fingerprint density at radius 2 is 2.13 bits per heavy atom. The summed E-state index contributed by atoms with van der Waals surface area (Å²) in [6, 6.07) is 7.97. The molecule has 1 aromatic rings. The van der Waals surface area contributed by atoms with Gasteiger partial charge in [-0.2, -0.15) is 0 Å². The number of aryl methyl sites for hydroxylation is 1. The minimum Gasteiger partial charge on any atom is -0.489 e. The molecule has 2 bridgehead atoms. The number of carbonyl (C=O) groups is 1. The van der Waals surface area contributed by atoms with Gasteiger partial charge in [0.05, 0.1) is 6.54 Å².